The lowest BCUT2D eigenvalue weighted by Crippen LogP contribution is -2.33. The smallest absolute Gasteiger partial charge is 0.278 e. The van der Waals surface area contributed by atoms with E-state index in [9.17, 15) is 9.59 Å². The van der Waals surface area contributed by atoms with Gasteiger partial charge in [-0.25, -0.2) is 0 Å². The molecule has 0 atom stereocenters. The fraction of sp³-hybridized carbons (Fsp3) is 0.360. The zero-order valence-corrected chi connectivity index (χ0v) is 19.6. The zero-order valence-electron chi connectivity index (χ0n) is 19.6. The molecule has 0 saturated carbocycles. The first kappa shape index (κ1) is 24.1. The molecule has 0 spiro atoms. The second-order valence-corrected chi connectivity index (χ2v) is 7.74. The third kappa shape index (κ3) is 5.46. The van der Waals surface area contributed by atoms with Gasteiger partial charge < -0.3 is 24.3 Å². The van der Waals surface area contributed by atoms with Crippen LogP contribution >= 0.6 is 0 Å². The van der Waals surface area contributed by atoms with Gasteiger partial charge in [0.2, 0.25) is 0 Å². The molecule has 0 bridgehead atoms. The molecule has 1 aliphatic rings. The van der Waals surface area contributed by atoms with Gasteiger partial charge in [-0.05, 0) is 50.1 Å². The van der Waals surface area contributed by atoms with E-state index >= 15 is 0 Å². The molecule has 8 heteroatoms. The third-order valence-corrected chi connectivity index (χ3v) is 5.07. The average Bonchev–Trinajstić information content (AvgIpc) is 3.03. The first-order valence-electron chi connectivity index (χ1n) is 10.7. The minimum Gasteiger partial charge on any atom is -0.493 e. The summed E-state index contributed by atoms with van der Waals surface area (Å²) in [6.07, 6.45) is 0.579. The molecule has 2 amide bonds. The average molecular weight is 455 g/mol. The minimum absolute atomic E-state index is 0.0308. The van der Waals surface area contributed by atoms with Crippen molar-refractivity contribution < 1.29 is 28.5 Å². The second-order valence-electron chi connectivity index (χ2n) is 7.74. The van der Waals surface area contributed by atoms with Crippen LogP contribution in [0.1, 0.15) is 25.8 Å². The van der Waals surface area contributed by atoms with E-state index in [2.05, 4.69) is 5.32 Å². The standard InChI is InChI=1S/C25H30N2O6/c1-16(2)33-19-10-7-17(8-11-19)22-23(25(29)27(24(22)28)13-6-14-30-3)26-18-9-12-20(31-4)21(15-18)32-5/h7-12,15-16,26H,6,13-14H2,1-5H3. The summed E-state index contributed by atoms with van der Waals surface area (Å²) in [4.78, 5) is 27.8. The molecule has 0 aromatic heterocycles. The quantitative estimate of drug-likeness (QED) is 0.409. The molecule has 176 valence electrons. The van der Waals surface area contributed by atoms with Gasteiger partial charge in [0, 0.05) is 32.0 Å². The zero-order chi connectivity index (χ0) is 24.0. The summed E-state index contributed by atoms with van der Waals surface area (Å²) in [6.45, 7) is 4.60. The molecule has 1 N–H and O–H groups in total. The fourth-order valence-electron chi connectivity index (χ4n) is 3.56. The van der Waals surface area contributed by atoms with E-state index in [0.29, 0.717) is 47.1 Å². The second kappa shape index (κ2) is 10.9. The van der Waals surface area contributed by atoms with Crippen molar-refractivity contribution in [1.29, 1.82) is 0 Å². The lowest BCUT2D eigenvalue weighted by atomic mass is 10.0. The molecule has 33 heavy (non-hydrogen) atoms. The van der Waals surface area contributed by atoms with Gasteiger partial charge in [0.15, 0.2) is 11.5 Å². The molecular weight excluding hydrogens is 424 g/mol. The SMILES string of the molecule is COCCCN1C(=O)C(Nc2ccc(OC)c(OC)c2)=C(c2ccc(OC(C)C)cc2)C1=O. The van der Waals surface area contributed by atoms with Gasteiger partial charge in [-0.3, -0.25) is 14.5 Å². The predicted molar refractivity (Wildman–Crippen MR) is 126 cm³/mol. The van der Waals surface area contributed by atoms with Gasteiger partial charge in [-0.15, -0.1) is 0 Å². The number of carbonyl (C=O) groups is 2. The number of nitrogens with one attached hydrogen (secondary N) is 1. The molecule has 0 radical (unpaired) electrons. The highest BCUT2D eigenvalue weighted by molar-refractivity contribution is 6.36. The van der Waals surface area contributed by atoms with E-state index in [4.69, 9.17) is 18.9 Å². The Bertz CT molecular complexity index is 1030. The topological polar surface area (TPSA) is 86.3 Å². The Morgan fingerprint density at radius 2 is 1.61 bits per heavy atom. The van der Waals surface area contributed by atoms with Crippen molar-refractivity contribution in [2.45, 2.75) is 26.4 Å². The number of nitrogens with zero attached hydrogens (tertiary/aromatic N) is 1. The summed E-state index contributed by atoms with van der Waals surface area (Å²) in [5.41, 5.74) is 1.74. The third-order valence-electron chi connectivity index (χ3n) is 5.07. The molecule has 1 aliphatic heterocycles. The molecule has 0 saturated heterocycles. The van der Waals surface area contributed by atoms with E-state index in [1.165, 1.54) is 12.0 Å². The predicted octanol–water partition coefficient (Wildman–Crippen LogP) is 3.72. The monoisotopic (exact) mass is 454 g/mol. The van der Waals surface area contributed by atoms with Crippen LogP contribution < -0.4 is 19.5 Å². The Morgan fingerprint density at radius 1 is 0.909 bits per heavy atom. The molecule has 1 heterocycles. The number of rotatable bonds is 11. The maximum Gasteiger partial charge on any atom is 0.278 e. The number of anilines is 1. The van der Waals surface area contributed by atoms with Crippen LogP contribution in [-0.4, -0.2) is 57.3 Å². The highest BCUT2D eigenvalue weighted by atomic mass is 16.5. The molecule has 8 nitrogen and oxygen atoms in total. The van der Waals surface area contributed by atoms with Gasteiger partial charge in [-0.1, -0.05) is 12.1 Å². The van der Waals surface area contributed by atoms with Crippen molar-refractivity contribution in [3.63, 3.8) is 0 Å². The summed E-state index contributed by atoms with van der Waals surface area (Å²) in [5.74, 6) is 1.03. The van der Waals surface area contributed by atoms with E-state index < -0.39 is 0 Å². The van der Waals surface area contributed by atoms with Crippen LogP contribution in [0.4, 0.5) is 5.69 Å². The van der Waals surface area contributed by atoms with Gasteiger partial charge in [0.1, 0.15) is 11.4 Å². The number of imide groups is 1. The van der Waals surface area contributed by atoms with Crippen molar-refractivity contribution in [2.24, 2.45) is 0 Å². The number of carbonyl (C=O) groups excluding carboxylic acids is 2. The fourth-order valence-corrected chi connectivity index (χ4v) is 3.56. The highest BCUT2D eigenvalue weighted by Gasteiger charge is 2.39. The van der Waals surface area contributed by atoms with Crippen molar-refractivity contribution in [3.8, 4) is 17.2 Å². The summed E-state index contributed by atoms with van der Waals surface area (Å²) in [7, 11) is 4.67. The van der Waals surface area contributed by atoms with Gasteiger partial charge >= 0.3 is 0 Å². The number of amides is 2. The van der Waals surface area contributed by atoms with E-state index in [1.54, 1.807) is 56.7 Å². The largest absolute Gasteiger partial charge is 0.493 e. The summed E-state index contributed by atoms with van der Waals surface area (Å²) >= 11 is 0. The first-order valence-corrected chi connectivity index (χ1v) is 10.7. The van der Waals surface area contributed by atoms with Gasteiger partial charge in [-0.2, -0.15) is 0 Å². The Hall–Kier alpha value is -3.52. The van der Waals surface area contributed by atoms with Crippen LogP contribution in [0, 0.1) is 0 Å². The van der Waals surface area contributed by atoms with Crippen molar-refractivity contribution in [2.75, 3.05) is 39.8 Å². The summed E-state index contributed by atoms with van der Waals surface area (Å²) in [6, 6.07) is 12.4. The van der Waals surface area contributed by atoms with Gasteiger partial charge in [0.25, 0.3) is 11.8 Å². The van der Waals surface area contributed by atoms with E-state index in [1.807, 2.05) is 13.8 Å². The number of benzene rings is 2. The van der Waals surface area contributed by atoms with Gasteiger partial charge in [0.05, 0.1) is 25.9 Å². The number of methoxy groups -OCH3 is 3. The van der Waals surface area contributed by atoms with Crippen LogP contribution in [0.2, 0.25) is 0 Å². The van der Waals surface area contributed by atoms with E-state index in [-0.39, 0.29) is 30.2 Å². The molecule has 0 aliphatic carbocycles. The first-order chi connectivity index (χ1) is 15.9. The Morgan fingerprint density at radius 3 is 2.21 bits per heavy atom. The molecular formula is C25H30N2O6. The lowest BCUT2D eigenvalue weighted by Gasteiger charge is -2.15. The molecule has 0 fully saturated rings. The van der Waals surface area contributed by atoms with Crippen LogP contribution in [0.5, 0.6) is 17.2 Å². The number of hydrogen-bond acceptors (Lipinski definition) is 7. The van der Waals surface area contributed by atoms with Crippen molar-refractivity contribution >= 4 is 23.1 Å². The lowest BCUT2D eigenvalue weighted by molar-refractivity contribution is -0.137. The van der Waals surface area contributed by atoms with Crippen LogP contribution in [0.25, 0.3) is 5.57 Å². The maximum atomic E-state index is 13.3. The molecule has 3 rings (SSSR count). The molecule has 2 aromatic rings. The highest BCUT2D eigenvalue weighted by Crippen LogP contribution is 2.34. The molecule has 2 aromatic carbocycles. The minimum atomic E-state index is -0.386. The van der Waals surface area contributed by atoms with E-state index in [0.717, 1.165) is 0 Å². The Kier molecular flexibility index (Phi) is 7.95. The molecule has 0 unspecified atom stereocenters. The van der Waals surface area contributed by atoms with Crippen LogP contribution in [0.3, 0.4) is 0 Å². The van der Waals surface area contributed by atoms with Crippen molar-refractivity contribution in [1.82, 2.24) is 4.90 Å². The maximum absolute atomic E-state index is 13.3. The number of hydrogen-bond donors (Lipinski definition) is 1. The Balaban J connectivity index is 1.99. The Labute approximate surface area is 194 Å². The van der Waals surface area contributed by atoms with Crippen molar-refractivity contribution in [3.05, 3.63) is 53.7 Å². The van der Waals surface area contributed by atoms with Crippen LogP contribution in [-0.2, 0) is 14.3 Å². The van der Waals surface area contributed by atoms with Crippen LogP contribution in [0.15, 0.2) is 48.2 Å². The normalized spacial score (nSPS) is 13.7. The summed E-state index contributed by atoms with van der Waals surface area (Å²) in [5, 5.41) is 3.13. The summed E-state index contributed by atoms with van der Waals surface area (Å²) < 4.78 is 21.4. The number of ether oxygens (including phenoxy) is 4.